The highest BCUT2D eigenvalue weighted by Gasteiger charge is 2.11. The monoisotopic (exact) mass is 282 g/mol. The Hall–Kier alpha value is -2.82. The quantitative estimate of drug-likeness (QED) is 0.758. The molecule has 0 aliphatic heterocycles. The minimum absolute atomic E-state index is 0.179. The second-order valence-corrected chi connectivity index (χ2v) is 4.93. The van der Waals surface area contributed by atoms with Crippen molar-refractivity contribution in [3.05, 3.63) is 63.6 Å². The highest BCUT2D eigenvalue weighted by atomic mass is 16.4. The van der Waals surface area contributed by atoms with Crippen LogP contribution in [0.15, 0.2) is 45.6 Å². The van der Waals surface area contributed by atoms with E-state index in [4.69, 9.17) is 4.42 Å². The smallest absolute Gasteiger partial charge is 0.408 e. The van der Waals surface area contributed by atoms with E-state index in [1.54, 1.807) is 24.3 Å². The summed E-state index contributed by atoms with van der Waals surface area (Å²) in [6.45, 7) is 3.88. The van der Waals surface area contributed by atoms with Crippen molar-refractivity contribution >= 4 is 22.7 Å². The first kappa shape index (κ1) is 13.2. The second-order valence-electron chi connectivity index (χ2n) is 4.93. The van der Waals surface area contributed by atoms with Crippen LogP contribution < -0.4 is 11.1 Å². The number of hydrogen-bond acceptors (Lipinski definition) is 3. The minimum atomic E-state index is -0.511. The molecule has 0 bridgehead atoms. The molecule has 0 saturated heterocycles. The number of carbonyl (C=O) groups excluding carboxylic acids is 1. The van der Waals surface area contributed by atoms with Crippen LogP contribution >= 0.6 is 0 Å². The molecule has 21 heavy (non-hydrogen) atoms. The Kier molecular flexibility index (Phi) is 3.10. The van der Waals surface area contributed by atoms with Gasteiger partial charge in [-0.25, -0.2) is 4.79 Å². The van der Waals surface area contributed by atoms with E-state index in [1.807, 2.05) is 26.0 Å². The number of benzene rings is 2. The maximum absolute atomic E-state index is 12.3. The molecule has 3 rings (SSSR count). The Balaban J connectivity index is 1.92. The van der Waals surface area contributed by atoms with E-state index in [2.05, 4.69) is 10.3 Å². The number of aryl methyl sites for hydroxylation is 1. The van der Waals surface area contributed by atoms with Crippen LogP contribution in [0, 0.1) is 13.8 Å². The summed E-state index contributed by atoms with van der Waals surface area (Å²) < 4.78 is 4.92. The Bertz CT molecular complexity index is 890. The first-order chi connectivity index (χ1) is 10.0. The van der Waals surface area contributed by atoms with Gasteiger partial charge in [-0.05, 0) is 49.2 Å². The van der Waals surface area contributed by atoms with Crippen LogP contribution in [0.5, 0.6) is 0 Å². The molecule has 0 atom stereocenters. The number of aromatic nitrogens is 1. The molecule has 5 nitrogen and oxygen atoms in total. The van der Waals surface area contributed by atoms with Gasteiger partial charge in [0.2, 0.25) is 0 Å². The van der Waals surface area contributed by atoms with Crippen LogP contribution in [0.1, 0.15) is 21.5 Å². The number of anilines is 1. The van der Waals surface area contributed by atoms with Gasteiger partial charge in [-0.15, -0.1) is 0 Å². The average Bonchev–Trinajstić information content (AvgIpc) is 2.81. The maximum atomic E-state index is 12.3. The lowest BCUT2D eigenvalue weighted by Crippen LogP contribution is -2.13. The van der Waals surface area contributed by atoms with Crippen molar-refractivity contribution in [3.63, 3.8) is 0 Å². The van der Waals surface area contributed by atoms with Crippen LogP contribution in [0.4, 0.5) is 5.69 Å². The van der Waals surface area contributed by atoms with Gasteiger partial charge in [0.15, 0.2) is 5.58 Å². The third kappa shape index (κ3) is 2.45. The lowest BCUT2D eigenvalue weighted by molar-refractivity contribution is 0.102. The van der Waals surface area contributed by atoms with Gasteiger partial charge < -0.3 is 9.73 Å². The largest absolute Gasteiger partial charge is 0.417 e. The van der Waals surface area contributed by atoms with Gasteiger partial charge in [0.1, 0.15) is 0 Å². The fourth-order valence-electron chi connectivity index (χ4n) is 2.23. The summed E-state index contributed by atoms with van der Waals surface area (Å²) in [4.78, 5) is 26.0. The Morgan fingerprint density at radius 3 is 2.81 bits per heavy atom. The number of amides is 1. The zero-order chi connectivity index (χ0) is 15.0. The van der Waals surface area contributed by atoms with Crippen molar-refractivity contribution in [3.8, 4) is 0 Å². The molecule has 0 spiro atoms. The van der Waals surface area contributed by atoms with Gasteiger partial charge in [-0.3, -0.25) is 9.78 Å². The van der Waals surface area contributed by atoms with Gasteiger partial charge in [-0.2, -0.15) is 0 Å². The Morgan fingerprint density at radius 1 is 1.19 bits per heavy atom. The zero-order valence-electron chi connectivity index (χ0n) is 11.7. The van der Waals surface area contributed by atoms with E-state index in [-0.39, 0.29) is 5.91 Å². The predicted octanol–water partition coefficient (Wildman–Crippen LogP) is 2.99. The van der Waals surface area contributed by atoms with Crippen LogP contribution in [0.3, 0.4) is 0 Å². The van der Waals surface area contributed by atoms with E-state index in [9.17, 15) is 9.59 Å². The van der Waals surface area contributed by atoms with Gasteiger partial charge in [0, 0.05) is 11.3 Å². The van der Waals surface area contributed by atoms with E-state index in [0.717, 1.165) is 11.1 Å². The molecule has 0 saturated carbocycles. The van der Waals surface area contributed by atoms with E-state index in [1.165, 1.54) is 0 Å². The molecule has 1 heterocycles. The first-order valence-electron chi connectivity index (χ1n) is 6.55. The van der Waals surface area contributed by atoms with Gasteiger partial charge >= 0.3 is 5.76 Å². The van der Waals surface area contributed by atoms with Crippen molar-refractivity contribution in [1.82, 2.24) is 4.98 Å². The van der Waals surface area contributed by atoms with Crippen LogP contribution in [-0.4, -0.2) is 10.9 Å². The normalized spacial score (nSPS) is 10.8. The third-order valence-electron chi connectivity index (χ3n) is 3.53. The van der Waals surface area contributed by atoms with Gasteiger partial charge in [-0.1, -0.05) is 12.1 Å². The molecular weight excluding hydrogens is 268 g/mol. The SMILES string of the molecule is Cc1cccc(C(=O)Nc2ccc3oc(=O)[nH]c3c2)c1C. The highest BCUT2D eigenvalue weighted by molar-refractivity contribution is 6.06. The molecule has 3 aromatic rings. The fourth-order valence-corrected chi connectivity index (χ4v) is 2.23. The van der Waals surface area contributed by atoms with Crippen molar-refractivity contribution in [1.29, 1.82) is 0 Å². The maximum Gasteiger partial charge on any atom is 0.417 e. The van der Waals surface area contributed by atoms with Crippen LogP contribution in [0.25, 0.3) is 11.1 Å². The summed E-state index contributed by atoms with van der Waals surface area (Å²) in [5, 5.41) is 2.83. The number of oxazole rings is 1. The molecule has 2 aromatic carbocycles. The molecule has 1 amide bonds. The van der Waals surface area contributed by atoms with Crippen molar-refractivity contribution in [2.24, 2.45) is 0 Å². The number of H-pyrrole nitrogens is 1. The number of aromatic amines is 1. The molecule has 0 aliphatic rings. The standard InChI is InChI=1S/C16H14N2O3/c1-9-4-3-5-12(10(9)2)15(19)17-11-6-7-14-13(8-11)18-16(20)21-14/h3-8H,1-2H3,(H,17,19)(H,18,20). The predicted molar refractivity (Wildman–Crippen MR) is 80.7 cm³/mol. The van der Waals surface area contributed by atoms with Crippen molar-refractivity contribution in [2.75, 3.05) is 5.32 Å². The minimum Gasteiger partial charge on any atom is -0.408 e. The summed E-state index contributed by atoms with van der Waals surface area (Å²) in [5.74, 6) is -0.690. The molecule has 2 N–H and O–H groups in total. The number of fused-ring (bicyclic) bond motifs is 1. The molecule has 1 aromatic heterocycles. The van der Waals surface area contributed by atoms with Crippen LogP contribution in [0.2, 0.25) is 0 Å². The summed E-state index contributed by atoms with van der Waals surface area (Å²) in [7, 11) is 0. The first-order valence-corrected chi connectivity index (χ1v) is 6.55. The summed E-state index contributed by atoms with van der Waals surface area (Å²) in [5.41, 5.74) is 4.27. The third-order valence-corrected chi connectivity index (χ3v) is 3.53. The molecule has 0 aliphatic carbocycles. The fraction of sp³-hybridized carbons (Fsp3) is 0.125. The van der Waals surface area contributed by atoms with Gasteiger partial charge in [0.25, 0.3) is 5.91 Å². The second kappa shape index (κ2) is 4.94. The van der Waals surface area contributed by atoms with E-state index >= 15 is 0 Å². The van der Waals surface area contributed by atoms with Gasteiger partial charge in [0.05, 0.1) is 5.52 Å². The zero-order valence-corrected chi connectivity index (χ0v) is 11.7. The topological polar surface area (TPSA) is 75.1 Å². The molecule has 0 unspecified atom stereocenters. The summed E-state index contributed by atoms with van der Waals surface area (Å²) in [6, 6.07) is 10.6. The number of rotatable bonds is 2. The highest BCUT2D eigenvalue weighted by Crippen LogP contribution is 2.18. The Labute approximate surface area is 120 Å². The number of carbonyl (C=O) groups is 1. The number of hydrogen-bond donors (Lipinski definition) is 2. The molecule has 0 fully saturated rings. The summed E-state index contributed by atoms with van der Waals surface area (Å²) in [6.07, 6.45) is 0. The summed E-state index contributed by atoms with van der Waals surface area (Å²) >= 11 is 0. The van der Waals surface area contributed by atoms with Crippen LogP contribution in [-0.2, 0) is 0 Å². The van der Waals surface area contributed by atoms with Crippen molar-refractivity contribution < 1.29 is 9.21 Å². The Morgan fingerprint density at radius 2 is 2.00 bits per heavy atom. The lowest BCUT2D eigenvalue weighted by Gasteiger charge is -2.09. The number of nitrogens with one attached hydrogen (secondary N) is 2. The van der Waals surface area contributed by atoms with E-state index in [0.29, 0.717) is 22.4 Å². The lowest BCUT2D eigenvalue weighted by atomic mass is 10.0. The molecular formula is C16H14N2O3. The average molecular weight is 282 g/mol. The van der Waals surface area contributed by atoms with E-state index < -0.39 is 5.76 Å². The molecule has 5 heteroatoms. The molecule has 0 radical (unpaired) electrons. The molecule has 106 valence electrons. The van der Waals surface area contributed by atoms with Crippen molar-refractivity contribution in [2.45, 2.75) is 13.8 Å².